The molecule has 10 nitrogen and oxygen atoms in total. The summed E-state index contributed by atoms with van der Waals surface area (Å²) in [5, 5.41) is 20.5. The maximum atomic E-state index is 12.3. The highest BCUT2D eigenvalue weighted by atomic mass is 16.5. The van der Waals surface area contributed by atoms with Crippen LogP contribution in [0.2, 0.25) is 0 Å². The van der Waals surface area contributed by atoms with Gasteiger partial charge >= 0.3 is 11.9 Å². The zero-order valence-corrected chi connectivity index (χ0v) is 18.4. The smallest absolute Gasteiger partial charge is 0.343 e. The standard InChI is InChI=1S/C23H23N5O5/c1-4-32-21(30)17(20(29)16-8-6-5-7-9-16)11-24-13-19-28-18(22(31)33-19)12-25-23-26-14(2)10-15(3)27-23/h5-12,29,31H,4,13H2,1-3H3/b20-17+,24-11?,25-12+. The molecule has 0 saturated carbocycles. The van der Waals surface area contributed by atoms with Crippen LogP contribution in [0, 0.1) is 13.8 Å². The second kappa shape index (κ2) is 10.8. The lowest BCUT2D eigenvalue weighted by molar-refractivity contribution is -0.137. The molecule has 0 fully saturated rings. The molecule has 0 aliphatic carbocycles. The van der Waals surface area contributed by atoms with Crippen molar-refractivity contribution in [1.82, 2.24) is 15.0 Å². The van der Waals surface area contributed by atoms with E-state index in [0.717, 1.165) is 11.4 Å². The van der Waals surface area contributed by atoms with Gasteiger partial charge in [0, 0.05) is 23.2 Å². The second-order valence-electron chi connectivity index (χ2n) is 6.83. The Hall–Kier alpha value is -4.34. The van der Waals surface area contributed by atoms with Crippen LogP contribution >= 0.6 is 0 Å². The van der Waals surface area contributed by atoms with Gasteiger partial charge in [0.25, 0.3) is 0 Å². The van der Waals surface area contributed by atoms with Gasteiger partial charge in [-0.05, 0) is 26.8 Å². The van der Waals surface area contributed by atoms with Crippen molar-refractivity contribution >= 4 is 30.1 Å². The number of aliphatic hydroxyl groups is 1. The molecule has 1 aromatic carbocycles. The van der Waals surface area contributed by atoms with Crippen LogP contribution < -0.4 is 0 Å². The largest absolute Gasteiger partial charge is 0.506 e. The number of nitrogens with zero attached hydrogens (tertiary/aromatic N) is 5. The number of hydrogen-bond acceptors (Lipinski definition) is 10. The number of carbonyl (C=O) groups is 1. The Morgan fingerprint density at radius 3 is 2.52 bits per heavy atom. The first-order valence-electron chi connectivity index (χ1n) is 10.1. The van der Waals surface area contributed by atoms with E-state index < -0.39 is 11.9 Å². The number of aliphatic hydroxyl groups excluding tert-OH is 1. The van der Waals surface area contributed by atoms with Gasteiger partial charge in [-0.25, -0.2) is 24.7 Å². The Morgan fingerprint density at radius 2 is 1.85 bits per heavy atom. The van der Waals surface area contributed by atoms with Gasteiger partial charge in [0.15, 0.2) is 5.69 Å². The van der Waals surface area contributed by atoms with E-state index in [-0.39, 0.29) is 42.0 Å². The first-order chi connectivity index (χ1) is 15.9. The average Bonchev–Trinajstić information content (AvgIpc) is 3.14. The first-order valence-corrected chi connectivity index (χ1v) is 10.1. The molecule has 0 saturated heterocycles. The van der Waals surface area contributed by atoms with Crippen LogP contribution in [-0.4, -0.2) is 50.2 Å². The normalized spacial score (nSPS) is 12.3. The topological polar surface area (TPSA) is 143 Å². The quantitative estimate of drug-likeness (QED) is 0.230. The van der Waals surface area contributed by atoms with Crippen molar-refractivity contribution in [3.63, 3.8) is 0 Å². The Kier molecular flexibility index (Phi) is 7.64. The molecule has 10 heteroatoms. The number of aliphatic imine (C=N–C) groups is 2. The highest BCUT2D eigenvalue weighted by Crippen LogP contribution is 2.19. The van der Waals surface area contributed by atoms with E-state index in [1.54, 1.807) is 37.3 Å². The molecule has 33 heavy (non-hydrogen) atoms. The van der Waals surface area contributed by atoms with Crippen LogP contribution in [0.25, 0.3) is 5.76 Å². The third-order valence-electron chi connectivity index (χ3n) is 4.20. The van der Waals surface area contributed by atoms with Crippen molar-refractivity contribution < 1.29 is 24.2 Å². The number of aromatic nitrogens is 3. The first kappa shape index (κ1) is 23.3. The molecule has 0 aliphatic rings. The molecule has 0 spiro atoms. The third kappa shape index (κ3) is 6.33. The number of aryl methyl sites for hydroxylation is 2. The van der Waals surface area contributed by atoms with Gasteiger partial charge in [-0.3, -0.25) is 4.99 Å². The maximum absolute atomic E-state index is 12.3. The van der Waals surface area contributed by atoms with E-state index in [1.807, 2.05) is 19.9 Å². The SMILES string of the molecule is CCOC(=O)/C(C=NCc1nc(/C=N/c2nc(C)cc(C)n2)c(O)o1)=C(/O)c1ccccc1. The minimum absolute atomic E-state index is 0.0777. The van der Waals surface area contributed by atoms with Gasteiger partial charge in [0.2, 0.25) is 11.8 Å². The van der Waals surface area contributed by atoms with Gasteiger partial charge in [0.1, 0.15) is 17.9 Å². The molecule has 0 unspecified atom stereocenters. The number of rotatable bonds is 8. The summed E-state index contributed by atoms with van der Waals surface area (Å²) in [6.07, 6.45) is 2.46. The van der Waals surface area contributed by atoms with Crippen LogP contribution in [0.4, 0.5) is 5.95 Å². The summed E-state index contributed by atoms with van der Waals surface area (Å²) in [6, 6.07) is 10.4. The minimum Gasteiger partial charge on any atom is -0.506 e. The summed E-state index contributed by atoms with van der Waals surface area (Å²) in [6.45, 7) is 5.34. The molecule has 0 radical (unpaired) electrons. The Balaban J connectivity index is 1.78. The molecular weight excluding hydrogens is 426 g/mol. The van der Waals surface area contributed by atoms with E-state index >= 15 is 0 Å². The van der Waals surface area contributed by atoms with E-state index in [4.69, 9.17) is 9.15 Å². The van der Waals surface area contributed by atoms with Gasteiger partial charge in [-0.2, -0.15) is 0 Å². The van der Waals surface area contributed by atoms with Gasteiger partial charge < -0.3 is 19.4 Å². The lowest BCUT2D eigenvalue weighted by Crippen LogP contribution is -2.11. The Labute approximate surface area is 190 Å². The highest BCUT2D eigenvalue weighted by molar-refractivity contribution is 6.15. The lowest BCUT2D eigenvalue weighted by Gasteiger charge is -2.06. The number of aromatic hydroxyl groups is 1. The monoisotopic (exact) mass is 449 g/mol. The zero-order chi connectivity index (χ0) is 23.8. The number of hydrogen-bond donors (Lipinski definition) is 2. The van der Waals surface area contributed by atoms with Crippen molar-refractivity contribution in [2.45, 2.75) is 27.3 Å². The van der Waals surface area contributed by atoms with E-state index in [2.05, 4.69) is 24.9 Å². The van der Waals surface area contributed by atoms with Crippen LogP contribution in [0.15, 0.2) is 56.4 Å². The molecule has 2 heterocycles. The van der Waals surface area contributed by atoms with Crippen molar-refractivity contribution in [2.75, 3.05) is 6.61 Å². The molecule has 0 bridgehead atoms. The van der Waals surface area contributed by atoms with E-state index in [9.17, 15) is 15.0 Å². The van der Waals surface area contributed by atoms with Crippen LogP contribution in [0.1, 0.15) is 35.5 Å². The number of benzene rings is 1. The molecule has 0 atom stereocenters. The fourth-order valence-corrected chi connectivity index (χ4v) is 2.79. The highest BCUT2D eigenvalue weighted by Gasteiger charge is 2.16. The molecular formula is C23H23N5O5. The van der Waals surface area contributed by atoms with Gasteiger partial charge in [0.05, 0.1) is 12.8 Å². The summed E-state index contributed by atoms with van der Waals surface area (Å²) < 4.78 is 10.2. The fourth-order valence-electron chi connectivity index (χ4n) is 2.79. The summed E-state index contributed by atoms with van der Waals surface area (Å²) in [4.78, 5) is 33.0. The molecule has 3 rings (SSSR count). The van der Waals surface area contributed by atoms with Crippen LogP contribution in [0.5, 0.6) is 5.95 Å². The van der Waals surface area contributed by atoms with E-state index in [0.29, 0.717) is 5.56 Å². The van der Waals surface area contributed by atoms with Crippen molar-refractivity contribution in [2.24, 2.45) is 9.98 Å². The summed E-state index contributed by atoms with van der Waals surface area (Å²) in [7, 11) is 0. The van der Waals surface area contributed by atoms with Crippen molar-refractivity contribution in [1.29, 1.82) is 0 Å². The molecule has 2 aromatic heterocycles. The number of esters is 1. The Morgan fingerprint density at radius 1 is 1.15 bits per heavy atom. The third-order valence-corrected chi connectivity index (χ3v) is 4.20. The minimum atomic E-state index is -0.723. The number of carbonyl (C=O) groups excluding carboxylic acids is 1. The summed E-state index contributed by atoms with van der Waals surface area (Å²) in [5.41, 5.74) is 1.92. The number of oxazole rings is 1. The van der Waals surface area contributed by atoms with Gasteiger partial charge in [-0.1, -0.05) is 30.3 Å². The predicted octanol–water partition coefficient (Wildman–Crippen LogP) is 3.64. The zero-order valence-electron chi connectivity index (χ0n) is 18.4. The average molecular weight is 449 g/mol. The van der Waals surface area contributed by atoms with Crippen LogP contribution in [-0.2, 0) is 16.1 Å². The molecule has 170 valence electrons. The van der Waals surface area contributed by atoms with Crippen molar-refractivity contribution in [3.8, 4) is 5.95 Å². The molecule has 3 aromatic rings. The van der Waals surface area contributed by atoms with Crippen LogP contribution in [0.3, 0.4) is 0 Å². The number of ether oxygens (including phenoxy) is 1. The second-order valence-corrected chi connectivity index (χ2v) is 6.83. The molecule has 0 amide bonds. The molecule has 2 N–H and O–H groups in total. The maximum Gasteiger partial charge on any atom is 0.343 e. The predicted molar refractivity (Wildman–Crippen MR) is 122 cm³/mol. The fraction of sp³-hybridized carbons (Fsp3) is 0.217. The van der Waals surface area contributed by atoms with Gasteiger partial charge in [-0.15, -0.1) is 0 Å². The lowest BCUT2D eigenvalue weighted by atomic mass is 10.1. The van der Waals surface area contributed by atoms with Crippen molar-refractivity contribution in [3.05, 3.63) is 70.5 Å². The molecule has 0 aliphatic heterocycles. The summed E-state index contributed by atoms with van der Waals surface area (Å²) in [5.74, 6) is -1.13. The van der Waals surface area contributed by atoms with E-state index in [1.165, 1.54) is 12.4 Å². The summed E-state index contributed by atoms with van der Waals surface area (Å²) >= 11 is 0. The Bertz CT molecular complexity index is 1190.